The van der Waals surface area contributed by atoms with Crippen molar-refractivity contribution in [1.29, 1.82) is 0 Å². The molecule has 232 valence electrons. The van der Waals surface area contributed by atoms with E-state index < -0.39 is 17.1 Å². The third-order valence-electron chi connectivity index (χ3n) is 6.82. The molecular formula is C26H38IN7O7S. The summed E-state index contributed by atoms with van der Waals surface area (Å²) in [7, 11) is 0. The zero-order valence-corrected chi connectivity index (χ0v) is 26.3. The van der Waals surface area contributed by atoms with Crippen molar-refractivity contribution in [3.8, 4) is 0 Å². The van der Waals surface area contributed by atoms with Crippen LogP contribution in [0.15, 0.2) is 18.2 Å². The molecule has 16 heteroatoms. The van der Waals surface area contributed by atoms with E-state index >= 15 is 0 Å². The fourth-order valence-corrected chi connectivity index (χ4v) is 6.53. The number of nitro groups is 1. The van der Waals surface area contributed by atoms with E-state index in [4.69, 9.17) is 6.15 Å². The number of thioether (sulfide) groups is 1. The van der Waals surface area contributed by atoms with E-state index in [2.05, 4.69) is 26.6 Å². The number of ether oxygens (including phenoxy) is 1. The van der Waals surface area contributed by atoms with E-state index in [0.29, 0.717) is 21.7 Å². The van der Waals surface area contributed by atoms with Crippen molar-refractivity contribution in [2.45, 2.75) is 62.6 Å². The van der Waals surface area contributed by atoms with Crippen LogP contribution in [-0.4, -0.2) is 82.6 Å². The second-order valence-electron chi connectivity index (χ2n) is 9.93. The van der Waals surface area contributed by atoms with Crippen molar-refractivity contribution in [2.75, 3.05) is 36.4 Å². The van der Waals surface area contributed by atoms with E-state index in [0.717, 1.165) is 25.0 Å². The summed E-state index contributed by atoms with van der Waals surface area (Å²) in [6.07, 6.45) is 1.23. The lowest BCUT2D eigenvalue weighted by atomic mass is 10.0. The van der Waals surface area contributed by atoms with Gasteiger partial charge in [0.1, 0.15) is 7.52 Å². The average Bonchev–Trinajstić information content (AvgIpc) is 3.52. The molecule has 1 aromatic carbocycles. The quantitative estimate of drug-likeness (QED) is 0.0348. The lowest BCUT2D eigenvalue weighted by Gasteiger charge is -2.16. The van der Waals surface area contributed by atoms with Gasteiger partial charge in [0.15, 0.2) is 0 Å². The first-order chi connectivity index (χ1) is 20.6. The molecule has 42 heavy (non-hydrogen) atoms. The van der Waals surface area contributed by atoms with Gasteiger partial charge >= 0.3 is 12.1 Å². The Hall–Kier alpha value is -2.86. The highest BCUT2D eigenvalue weighted by molar-refractivity contribution is 14.1. The van der Waals surface area contributed by atoms with Crippen molar-refractivity contribution in [3.63, 3.8) is 0 Å². The Morgan fingerprint density at radius 2 is 1.90 bits per heavy atom. The summed E-state index contributed by atoms with van der Waals surface area (Å²) in [4.78, 5) is 58.2. The van der Waals surface area contributed by atoms with Gasteiger partial charge in [0.2, 0.25) is 11.8 Å². The van der Waals surface area contributed by atoms with Crippen LogP contribution < -0.4 is 31.9 Å². The first kappa shape index (κ1) is 32.1. The van der Waals surface area contributed by atoms with Crippen LogP contribution in [0.3, 0.4) is 0 Å². The number of hydrogen-bond donors (Lipinski definition) is 6. The molecule has 5 amide bonds. The van der Waals surface area contributed by atoms with Crippen LogP contribution in [0, 0.1) is 10.1 Å². The predicted molar refractivity (Wildman–Crippen MR) is 167 cm³/mol. The molecule has 2 saturated heterocycles. The zero-order valence-electron chi connectivity index (χ0n) is 24.4. The number of nitrogens with one attached hydrogen (secondary N) is 6. The Balaban J connectivity index is 1.37. The molecule has 0 bridgehead atoms. The maximum Gasteiger partial charge on any atom is 0.407 e. The molecule has 2 fully saturated rings. The Kier molecular flexibility index (Phi) is 13.2. The highest BCUT2D eigenvalue weighted by Crippen LogP contribution is 2.33. The van der Waals surface area contributed by atoms with Gasteiger partial charge in [0.05, 0.1) is 27.0 Å². The number of nitrogens with zero attached hydrogens (tertiary/aromatic N) is 1. The number of fused-ring (bicyclic) bond motifs is 1. The van der Waals surface area contributed by atoms with E-state index in [-0.39, 0.29) is 73.9 Å². The van der Waals surface area contributed by atoms with Crippen LogP contribution >= 0.6 is 34.4 Å². The number of benzene rings is 1. The maximum atomic E-state index is 12.2. The van der Waals surface area contributed by atoms with Crippen LogP contribution in [0.25, 0.3) is 0 Å². The third kappa shape index (κ3) is 10.8. The largest absolute Gasteiger partial charge is 0.441 e. The number of rotatable bonds is 17. The fourth-order valence-electron chi connectivity index (χ4n) is 4.72. The van der Waals surface area contributed by atoms with E-state index in [1.54, 1.807) is 6.07 Å². The van der Waals surface area contributed by atoms with Gasteiger partial charge in [-0.1, -0.05) is 35.1 Å². The number of carbonyl (C=O) groups excluding carboxylic acids is 4. The molecule has 2 heterocycles. The summed E-state index contributed by atoms with van der Waals surface area (Å²) in [5.41, 5.74) is 0.591. The summed E-state index contributed by atoms with van der Waals surface area (Å²) in [6.45, 7) is 2.55. The number of unbranched alkanes of at least 4 members (excludes halogenated alkanes) is 1. The molecule has 0 aromatic heterocycles. The molecule has 3 rings (SSSR count). The third-order valence-corrected chi connectivity index (χ3v) is 9.02. The van der Waals surface area contributed by atoms with Gasteiger partial charge in [-0.25, -0.2) is 9.59 Å². The Morgan fingerprint density at radius 3 is 2.67 bits per heavy atom. The minimum Gasteiger partial charge on any atom is -0.441 e. The van der Waals surface area contributed by atoms with Gasteiger partial charge in [-0.3, -0.25) is 19.7 Å². The van der Waals surface area contributed by atoms with Gasteiger partial charge in [-0.15, -0.1) is 0 Å². The number of nitro benzene ring substituents is 1. The highest BCUT2D eigenvalue weighted by Gasteiger charge is 2.42. The molecule has 4 atom stereocenters. The zero-order chi connectivity index (χ0) is 31.4. The van der Waals surface area contributed by atoms with Gasteiger partial charge in [-0.2, -0.15) is 11.8 Å². The van der Waals surface area contributed by atoms with Gasteiger partial charge in [-0.05, 0) is 31.4 Å². The van der Waals surface area contributed by atoms with E-state index in [1.165, 1.54) is 24.4 Å². The first-order valence-electron chi connectivity index (χ1n) is 14.3. The molecule has 2 aliphatic heterocycles. The summed E-state index contributed by atoms with van der Waals surface area (Å²) >= 11 is 3.77. The Labute approximate surface area is 263 Å². The Bertz CT molecular complexity index is 1170. The van der Waals surface area contributed by atoms with Crippen molar-refractivity contribution in [3.05, 3.63) is 39.4 Å². The number of amides is 5. The van der Waals surface area contributed by atoms with Gasteiger partial charge < -0.3 is 36.6 Å². The van der Waals surface area contributed by atoms with Crippen LogP contribution in [0.1, 0.15) is 49.8 Å². The molecular weight excluding hydrogens is 681 g/mol. The number of urea groups is 1. The lowest BCUT2D eigenvalue weighted by Crippen LogP contribution is -2.36. The number of alkyl halides is 1. The normalized spacial score (nSPS) is 20.1. The Morgan fingerprint density at radius 1 is 1.17 bits per heavy atom. The van der Waals surface area contributed by atoms with Gasteiger partial charge in [0.25, 0.3) is 5.69 Å². The summed E-state index contributed by atoms with van der Waals surface area (Å²) < 4.78 is 13.8. The molecule has 6 N–H and O–H groups in total. The molecule has 0 saturated carbocycles. The van der Waals surface area contributed by atoms with E-state index in [1.807, 2.05) is 34.4 Å². The summed E-state index contributed by atoms with van der Waals surface area (Å²) in [6, 6.07) is 4.65. The predicted octanol–water partition coefficient (Wildman–Crippen LogP) is 1.86. The van der Waals surface area contributed by atoms with Crippen molar-refractivity contribution in [2.24, 2.45) is 0 Å². The minimum atomic E-state index is -0.940. The van der Waals surface area contributed by atoms with Crippen molar-refractivity contribution >= 4 is 64.0 Å². The SMILES string of the molecule is [2H]N(CCNC(=O)CCCCC1SCC2NC(=O)NC21)Cc1ccc([N+](=O)[O-])c(C(C)OC(=O)NCCNC(=O)CI)c1. The standard InChI is InChI=1S/C26H38IN7O7S/c1-16(41-26(38)31-11-10-30-23(36)13-27)18-12-17(6-7-20(18)34(39)40)14-28-8-9-29-22(35)5-3-2-4-21-24-19(15-42-21)32-25(37)33-24/h6-7,12,16,19,21,24,28H,2-5,8-11,13-15H2,1H3,(H,29,35)(H,30,36)(H,31,38)(H2,32,33,37)/i/hD. The second kappa shape index (κ2) is 17.3. The number of hydrogen-bond acceptors (Lipinski definition) is 9. The number of alkyl carbamates (subject to hydrolysis) is 1. The van der Waals surface area contributed by atoms with Crippen LogP contribution in [-0.2, 0) is 20.9 Å². The smallest absolute Gasteiger partial charge is 0.407 e. The second-order valence-corrected chi connectivity index (χ2v) is 12.0. The molecule has 14 nitrogen and oxygen atoms in total. The average molecular weight is 721 g/mol. The highest BCUT2D eigenvalue weighted by atomic mass is 127. The molecule has 1 aromatic rings. The maximum absolute atomic E-state index is 12.2. The molecule has 4 unspecified atom stereocenters. The molecule has 0 spiro atoms. The van der Waals surface area contributed by atoms with Gasteiger partial charge in [0, 0.05) is 56.2 Å². The summed E-state index contributed by atoms with van der Waals surface area (Å²) in [5.74, 6) is 0.659. The number of carbonyl (C=O) groups is 4. The van der Waals surface area contributed by atoms with E-state index in [9.17, 15) is 29.3 Å². The minimum absolute atomic E-state index is 0.0876. The van der Waals surface area contributed by atoms with Crippen LogP contribution in [0.2, 0.25) is 1.41 Å². The summed E-state index contributed by atoms with van der Waals surface area (Å²) in [5, 5.41) is 27.0. The van der Waals surface area contributed by atoms with Crippen LogP contribution in [0.5, 0.6) is 0 Å². The molecule has 0 radical (unpaired) electrons. The van der Waals surface area contributed by atoms with Crippen molar-refractivity contribution < 1.29 is 30.3 Å². The first-order valence-corrected chi connectivity index (χ1v) is 16.4. The van der Waals surface area contributed by atoms with Crippen molar-refractivity contribution in [1.82, 2.24) is 31.9 Å². The molecule has 2 aliphatic rings. The topological polar surface area (TPSA) is 193 Å². The fraction of sp³-hybridized carbons (Fsp3) is 0.615. The number of halogens is 1. The molecule has 0 aliphatic carbocycles. The lowest BCUT2D eigenvalue weighted by molar-refractivity contribution is -0.386. The van der Waals surface area contributed by atoms with Crippen LogP contribution in [0.4, 0.5) is 15.3 Å². The monoisotopic (exact) mass is 720 g/mol.